The molecule has 0 atom stereocenters. The number of sulfone groups is 1. The lowest BCUT2D eigenvalue weighted by Gasteiger charge is -2.24. The predicted molar refractivity (Wildman–Crippen MR) is 68.5 cm³/mol. The lowest BCUT2D eigenvalue weighted by Crippen LogP contribution is -2.39. The highest BCUT2D eigenvalue weighted by atomic mass is 32.2. The summed E-state index contributed by atoms with van der Waals surface area (Å²) in [4.78, 5) is 3.11. The first-order valence-electron chi connectivity index (χ1n) is 6.32. The Kier molecular flexibility index (Phi) is 4.50. The van der Waals surface area contributed by atoms with Gasteiger partial charge in [-0.3, -0.25) is 0 Å². The first kappa shape index (κ1) is 14.4. The zero-order chi connectivity index (χ0) is 13.1. The number of hydrogen-bond donors (Lipinski definition) is 0. The maximum atomic E-state index is 12.4. The standard InChI is InChI=1S/C12H22N2O2S/c1-4-12(2,3)11(14-13)17(15,16)10-8-6-5-7-9-10/h10H,4-9H2,1-3H3. The fourth-order valence-corrected chi connectivity index (χ4v) is 4.56. The molecule has 0 bridgehead atoms. The third kappa shape index (κ3) is 2.96. The van der Waals surface area contributed by atoms with Gasteiger partial charge in [0.25, 0.3) is 9.84 Å². The predicted octanol–water partition coefficient (Wildman–Crippen LogP) is 2.80. The molecular formula is C12H22N2O2S. The van der Waals surface area contributed by atoms with Gasteiger partial charge in [0.05, 0.1) is 10.7 Å². The van der Waals surface area contributed by atoms with Crippen LogP contribution in [0.2, 0.25) is 0 Å². The average Bonchev–Trinajstić information content (AvgIpc) is 2.30. The van der Waals surface area contributed by atoms with Crippen molar-refractivity contribution in [3.05, 3.63) is 5.53 Å². The quantitative estimate of drug-likeness (QED) is 0.338. The van der Waals surface area contributed by atoms with E-state index in [-0.39, 0.29) is 10.3 Å². The first-order valence-corrected chi connectivity index (χ1v) is 7.87. The van der Waals surface area contributed by atoms with Gasteiger partial charge in [-0.25, -0.2) is 8.42 Å². The highest BCUT2D eigenvalue weighted by molar-refractivity contribution is 8.06. The molecule has 0 unspecified atom stereocenters. The Morgan fingerprint density at radius 3 is 2.24 bits per heavy atom. The van der Waals surface area contributed by atoms with Gasteiger partial charge in [0.15, 0.2) is 0 Å². The van der Waals surface area contributed by atoms with Gasteiger partial charge in [0.1, 0.15) is 0 Å². The zero-order valence-electron chi connectivity index (χ0n) is 10.9. The zero-order valence-corrected chi connectivity index (χ0v) is 11.8. The summed E-state index contributed by atoms with van der Waals surface area (Å²) in [5.74, 6) is 0. The monoisotopic (exact) mass is 258 g/mol. The smallest absolute Gasteiger partial charge is 0.360 e. The second-order valence-electron chi connectivity index (χ2n) is 5.45. The molecule has 0 spiro atoms. The average molecular weight is 258 g/mol. The molecule has 0 aromatic carbocycles. The molecule has 0 N–H and O–H groups in total. The van der Waals surface area contributed by atoms with Gasteiger partial charge in [-0.15, -0.1) is 0 Å². The molecule has 0 aromatic rings. The van der Waals surface area contributed by atoms with E-state index in [0.29, 0.717) is 19.3 Å². The molecule has 1 saturated carbocycles. The summed E-state index contributed by atoms with van der Waals surface area (Å²) in [5, 5.41) is -0.396. The molecule has 17 heavy (non-hydrogen) atoms. The molecule has 0 aromatic heterocycles. The van der Waals surface area contributed by atoms with Gasteiger partial charge >= 0.3 is 5.04 Å². The Morgan fingerprint density at radius 2 is 1.82 bits per heavy atom. The summed E-state index contributed by atoms with van der Waals surface area (Å²) in [6.07, 6.45) is 5.04. The molecular weight excluding hydrogens is 236 g/mol. The fraction of sp³-hybridized carbons (Fsp3) is 0.917. The van der Waals surface area contributed by atoms with Gasteiger partial charge in [-0.1, -0.05) is 26.2 Å². The van der Waals surface area contributed by atoms with Crippen LogP contribution >= 0.6 is 0 Å². The van der Waals surface area contributed by atoms with Crippen molar-refractivity contribution in [1.82, 2.24) is 0 Å². The van der Waals surface area contributed by atoms with Crippen LogP contribution in [0.5, 0.6) is 0 Å². The first-order chi connectivity index (χ1) is 7.86. The summed E-state index contributed by atoms with van der Waals surface area (Å²) < 4.78 is 24.9. The van der Waals surface area contributed by atoms with Crippen molar-refractivity contribution in [2.45, 2.75) is 64.5 Å². The van der Waals surface area contributed by atoms with E-state index in [1.807, 2.05) is 20.8 Å². The highest BCUT2D eigenvalue weighted by Gasteiger charge is 2.46. The SMILES string of the molecule is CCC(C)(C)C(=[N+]=[N-])S(=O)(=O)C1CCCCC1. The second-order valence-corrected chi connectivity index (χ2v) is 7.59. The fourth-order valence-electron chi connectivity index (χ4n) is 2.26. The Balaban J connectivity index is 3.07. The maximum Gasteiger partial charge on any atom is 0.387 e. The van der Waals surface area contributed by atoms with E-state index in [1.54, 1.807) is 0 Å². The molecule has 0 aliphatic heterocycles. The van der Waals surface area contributed by atoms with Crippen LogP contribution in [0.1, 0.15) is 59.3 Å². The van der Waals surface area contributed by atoms with Crippen LogP contribution in [-0.2, 0) is 9.84 Å². The minimum atomic E-state index is -3.44. The van der Waals surface area contributed by atoms with Gasteiger partial charge in [0.2, 0.25) is 0 Å². The van der Waals surface area contributed by atoms with Gasteiger partial charge in [0, 0.05) is 0 Å². The van der Waals surface area contributed by atoms with E-state index >= 15 is 0 Å². The maximum absolute atomic E-state index is 12.4. The largest absolute Gasteiger partial charge is 0.387 e. The van der Waals surface area contributed by atoms with E-state index in [0.717, 1.165) is 19.3 Å². The molecule has 1 rings (SSSR count). The molecule has 0 amide bonds. The molecule has 1 fully saturated rings. The van der Waals surface area contributed by atoms with E-state index < -0.39 is 15.3 Å². The summed E-state index contributed by atoms with van der Waals surface area (Å²) in [6.45, 7) is 5.52. The van der Waals surface area contributed by atoms with E-state index in [1.165, 1.54) is 0 Å². The Hall–Kier alpha value is -0.670. The molecule has 98 valence electrons. The van der Waals surface area contributed by atoms with Crippen molar-refractivity contribution in [3.63, 3.8) is 0 Å². The van der Waals surface area contributed by atoms with Crippen molar-refractivity contribution in [1.29, 1.82) is 0 Å². The van der Waals surface area contributed by atoms with E-state index in [2.05, 4.69) is 4.79 Å². The van der Waals surface area contributed by atoms with Gasteiger partial charge < -0.3 is 5.53 Å². The molecule has 4 nitrogen and oxygen atoms in total. The van der Waals surface area contributed by atoms with Crippen molar-refractivity contribution in [2.75, 3.05) is 0 Å². The minimum absolute atomic E-state index is 0.0422. The highest BCUT2D eigenvalue weighted by Crippen LogP contribution is 2.31. The normalized spacial score (nSPS) is 18.8. The van der Waals surface area contributed by atoms with Crippen LogP contribution in [0.3, 0.4) is 0 Å². The van der Waals surface area contributed by atoms with Gasteiger partial charge in [-0.05, 0) is 33.1 Å². The van der Waals surface area contributed by atoms with Crippen molar-refractivity contribution < 1.29 is 13.2 Å². The summed E-state index contributed by atoms with van der Waals surface area (Å²) >= 11 is 0. The van der Waals surface area contributed by atoms with Crippen molar-refractivity contribution in [3.8, 4) is 0 Å². The third-order valence-corrected chi connectivity index (χ3v) is 6.34. The van der Waals surface area contributed by atoms with Gasteiger partial charge in [-0.2, -0.15) is 4.79 Å². The van der Waals surface area contributed by atoms with Crippen LogP contribution in [-0.4, -0.2) is 23.5 Å². The summed E-state index contributed by atoms with van der Waals surface area (Å²) in [6, 6.07) is 0. The van der Waals surface area contributed by atoms with Crippen LogP contribution < -0.4 is 0 Å². The molecule has 0 saturated heterocycles. The third-order valence-electron chi connectivity index (χ3n) is 3.81. The lowest BCUT2D eigenvalue weighted by molar-refractivity contribution is -0.0130. The Bertz CT molecular complexity index is 414. The van der Waals surface area contributed by atoms with Crippen LogP contribution in [0, 0.1) is 5.41 Å². The van der Waals surface area contributed by atoms with Crippen LogP contribution in [0.4, 0.5) is 0 Å². The number of nitrogens with zero attached hydrogens (tertiary/aromatic N) is 2. The number of rotatable bonds is 3. The topological polar surface area (TPSA) is 70.5 Å². The van der Waals surface area contributed by atoms with E-state index in [9.17, 15) is 8.42 Å². The van der Waals surface area contributed by atoms with Crippen molar-refractivity contribution in [2.24, 2.45) is 5.41 Å². The van der Waals surface area contributed by atoms with Crippen molar-refractivity contribution >= 4 is 14.9 Å². The molecule has 0 radical (unpaired) electrons. The molecule has 5 heteroatoms. The minimum Gasteiger partial charge on any atom is -0.360 e. The molecule has 1 aliphatic rings. The van der Waals surface area contributed by atoms with Crippen LogP contribution in [0.15, 0.2) is 0 Å². The van der Waals surface area contributed by atoms with Crippen LogP contribution in [0.25, 0.3) is 5.53 Å². The lowest BCUT2D eigenvalue weighted by atomic mass is 9.92. The summed E-state index contributed by atoms with van der Waals surface area (Å²) in [5.41, 5.74) is 8.48. The Morgan fingerprint density at radius 1 is 1.29 bits per heavy atom. The molecule has 1 aliphatic carbocycles. The molecule has 0 heterocycles. The Labute approximate surface area is 104 Å². The number of hydrogen-bond acceptors (Lipinski definition) is 2. The summed E-state index contributed by atoms with van der Waals surface area (Å²) in [7, 11) is -3.44. The second kappa shape index (κ2) is 5.32. The van der Waals surface area contributed by atoms with E-state index in [4.69, 9.17) is 5.53 Å².